The van der Waals surface area contributed by atoms with E-state index in [1.165, 1.54) is 6.08 Å². The fourth-order valence-electron chi connectivity index (χ4n) is 3.57. The summed E-state index contributed by atoms with van der Waals surface area (Å²) in [5.74, 6) is 0.390. The highest BCUT2D eigenvalue weighted by atomic mass is 16.5. The fourth-order valence-corrected chi connectivity index (χ4v) is 3.57. The largest absolute Gasteiger partial charge is 0.489 e. The molecule has 1 atom stereocenters. The molecule has 3 aromatic rings. The standard InChI is InChI=1S/C24H26N2O4/c1-2-28-24(27)14-13-21-20-12-11-19(30-17-18-8-4-3-5-9-18)16-22(20)26(25-21)23-10-6-7-15-29-23/h3-5,8-9,11-14,16,23H,2,6-7,10,15,17H2,1H3. The third-order valence-corrected chi connectivity index (χ3v) is 5.05. The number of ether oxygens (including phenoxy) is 3. The molecule has 0 bridgehead atoms. The topological polar surface area (TPSA) is 62.6 Å². The van der Waals surface area contributed by atoms with Crippen LogP contribution in [0.5, 0.6) is 5.75 Å². The molecule has 0 radical (unpaired) electrons. The van der Waals surface area contributed by atoms with Gasteiger partial charge in [-0.25, -0.2) is 9.48 Å². The van der Waals surface area contributed by atoms with Crippen molar-refractivity contribution in [3.8, 4) is 5.75 Å². The number of esters is 1. The van der Waals surface area contributed by atoms with E-state index in [1.807, 2.05) is 53.2 Å². The summed E-state index contributed by atoms with van der Waals surface area (Å²) in [5, 5.41) is 5.69. The Morgan fingerprint density at radius 2 is 2.10 bits per heavy atom. The van der Waals surface area contributed by atoms with E-state index in [0.717, 1.165) is 48.1 Å². The molecule has 1 aliphatic heterocycles. The Morgan fingerprint density at radius 3 is 2.87 bits per heavy atom. The summed E-state index contributed by atoms with van der Waals surface area (Å²) < 4.78 is 18.9. The molecular weight excluding hydrogens is 380 g/mol. The van der Waals surface area contributed by atoms with Crippen LogP contribution >= 0.6 is 0 Å². The molecule has 2 aromatic carbocycles. The number of benzene rings is 2. The van der Waals surface area contributed by atoms with Crippen LogP contribution in [0.15, 0.2) is 54.6 Å². The second-order valence-electron chi connectivity index (χ2n) is 7.19. The third kappa shape index (κ3) is 4.71. The van der Waals surface area contributed by atoms with Gasteiger partial charge in [-0.2, -0.15) is 5.10 Å². The molecule has 156 valence electrons. The molecule has 1 saturated heterocycles. The van der Waals surface area contributed by atoms with E-state index >= 15 is 0 Å². The van der Waals surface area contributed by atoms with Crippen molar-refractivity contribution in [2.75, 3.05) is 13.2 Å². The first-order valence-corrected chi connectivity index (χ1v) is 10.4. The maximum atomic E-state index is 11.7. The zero-order valence-corrected chi connectivity index (χ0v) is 17.1. The summed E-state index contributed by atoms with van der Waals surface area (Å²) in [6.45, 7) is 3.35. The Kier molecular flexibility index (Phi) is 6.44. The van der Waals surface area contributed by atoms with Gasteiger partial charge in [0.2, 0.25) is 0 Å². The molecule has 6 nitrogen and oxygen atoms in total. The second-order valence-corrected chi connectivity index (χ2v) is 7.19. The number of hydrogen-bond acceptors (Lipinski definition) is 5. The lowest BCUT2D eigenvalue weighted by Crippen LogP contribution is -2.19. The van der Waals surface area contributed by atoms with Crippen molar-refractivity contribution in [2.45, 2.75) is 39.0 Å². The van der Waals surface area contributed by atoms with Crippen LogP contribution in [0.4, 0.5) is 0 Å². The van der Waals surface area contributed by atoms with Crippen molar-refractivity contribution < 1.29 is 19.0 Å². The fraction of sp³-hybridized carbons (Fsp3) is 0.333. The Balaban J connectivity index is 1.64. The first-order valence-electron chi connectivity index (χ1n) is 10.4. The summed E-state index contributed by atoms with van der Waals surface area (Å²) in [4.78, 5) is 11.7. The molecule has 1 aliphatic rings. The van der Waals surface area contributed by atoms with Crippen molar-refractivity contribution in [1.29, 1.82) is 0 Å². The van der Waals surface area contributed by atoms with Crippen LogP contribution < -0.4 is 4.74 Å². The summed E-state index contributed by atoms with van der Waals surface area (Å²) in [5.41, 5.74) is 2.75. The van der Waals surface area contributed by atoms with Crippen LogP contribution in [0.3, 0.4) is 0 Å². The Labute approximate surface area is 176 Å². The normalized spacial score (nSPS) is 16.8. The zero-order valence-electron chi connectivity index (χ0n) is 17.1. The molecule has 1 fully saturated rings. The molecule has 2 heterocycles. The number of rotatable bonds is 7. The number of aromatic nitrogens is 2. The Bertz CT molecular complexity index is 1020. The SMILES string of the molecule is CCOC(=O)C=Cc1nn(C2CCCCO2)c2cc(OCc3ccccc3)ccc12. The molecule has 6 heteroatoms. The van der Waals surface area contributed by atoms with Crippen LogP contribution in [0.25, 0.3) is 17.0 Å². The quantitative estimate of drug-likeness (QED) is 0.413. The number of carbonyl (C=O) groups is 1. The molecule has 0 aliphatic carbocycles. The van der Waals surface area contributed by atoms with Gasteiger partial charge in [0.05, 0.1) is 17.8 Å². The predicted molar refractivity (Wildman–Crippen MR) is 115 cm³/mol. The van der Waals surface area contributed by atoms with E-state index < -0.39 is 0 Å². The van der Waals surface area contributed by atoms with Gasteiger partial charge >= 0.3 is 5.97 Å². The average Bonchev–Trinajstić information content (AvgIpc) is 3.16. The van der Waals surface area contributed by atoms with Gasteiger partial charge in [-0.15, -0.1) is 0 Å². The first-order chi connectivity index (χ1) is 14.7. The van der Waals surface area contributed by atoms with Gasteiger partial charge in [0.1, 0.15) is 12.4 Å². The lowest BCUT2D eigenvalue weighted by molar-refractivity contribution is -0.137. The van der Waals surface area contributed by atoms with Gasteiger partial charge in [-0.3, -0.25) is 0 Å². The zero-order chi connectivity index (χ0) is 20.8. The number of carbonyl (C=O) groups excluding carboxylic acids is 1. The van der Waals surface area contributed by atoms with E-state index in [2.05, 4.69) is 0 Å². The molecule has 0 saturated carbocycles. The maximum Gasteiger partial charge on any atom is 0.330 e. The predicted octanol–water partition coefficient (Wildman–Crippen LogP) is 4.89. The van der Waals surface area contributed by atoms with Crippen LogP contribution in [0, 0.1) is 0 Å². The van der Waals surface area contributed by atoms with Gasteiger partial charge in [0, 0.05) is 24.1 Å². The molecule has 30 heavy (non-hydrogen) atoms. The molecular formula is C24H26N2O4. The highest BCUT2D eigenvalue weighted by Gasteiger charge is 2.21. The van der Waals surface area contributed by atoms with Crippen molar-refractivity contribution >= 4 is 22.9 Å². The molecule has 0 amide bonds. The van der Waals surface area contributed by atoms with Crippen molar-refractivity contribution in [3.63, 3.8) is 0 Å². The summed E-state index contributed by atoms with van der Waals surface area (Å²) >= 11 is 0. The average molecular weight is 406 g/mol. The smallest absolute Gasteiger partial charge is 0.330 e. The van der Waals surface area contributed by atoms with Crippen LogP contribution in [0.2, 0.25) is 0 Å². The minimum atomic E-state index is -0.378. The van der Waals surface area contributed by atoms with Crippen LogP contribution in [-0.4, -0.2) is 29.0 Å². The molecule has 0 N–H and O–H groups in total. The van der Waals surface area contributed by atoms with E-state index in [9.17, 15) is 4.79 Å². The molecule has 4 rings (SSSR count). The maximum absolute atomic E-state index is 11.7. The highest BCUT2D eigenvalue weighted by Crippen LogP contribution is 2.31. The van der Waals surface area contributed by atoms with E-state index in [0.29, 0.717) is 18.9 Å². The minimum absolute atomic E-state index is 0.115. The summed E-state index contributed by atoms with van der Waals surface area (Å²) in [7, 11) is 0. The van der Waals surface area contributed by atoms with Crippen molar-refractivity contribution in [1.82, 2.24) is 9.78 Å². The Hall–Kier alpha value is -3.12. The van der Waals surface area contributed by atoms with Gasteiger partial charge in [0.15, 0.2) is 6.23 Å². The summed E-state index contributed by atoms with van der Waals surface area (Å²) in [6, 6.07) is 16.0. The highest BCUT2D eigenvalue weighted by molar-refractivity contribution is 5.93. The summed E-state index contributed by atoms with van der Waals surface area (Å²) in [6.07, 6.45) is 6.07. The second kappa shape index (κ2) is 9.59. The van der Waals surface area contributed by atoms with Crippen molar-refractivity contribution in [2.24, 2.45) is 0 Å². The van der Waals surface area contributed by atoms with E-state index in [-0.39, 0.29) is 12.2 Å². The van der Waals surface area contributed by atoms with Gasteiger partial charge in [0.25, 0.3) is 0 Å². The first kappa shape index (κ1) is 20.2. The van der Waals surface area contributed by atoms with E-state index in [4.69, 9.17) is 19.3 Å². The minimum Gasteiger partial charge on any atom is -0.489 e. The lowest BCUT2D eigenvalue weighted by atomic mass is 10.1. The number of fused-ring (bicyclic) bond motifs is 1. The number of hydrogen-bond donors (Lipinski definition) is 0. The molecule has 1 aromatic heterocycles. The molecule has 0 spiro atoms. The van der Waals surface area contributed by atoms with Crippen LogP contribution in [0.1, 0.15) is 43.7 Å². The third-order valence-electron chi connectivity index (χ3n) is 5.05. The Morgan fingerprint density at radius 1 is 1.23 bits per heavy atom. The monoisotopic (exact) mass is 406 g/mol. The van der Waals surface area contributed by atoms with Gasteiger partial charge in [-0.1, -0.05) is 30.3 Å². The number of nitrogens with zero attached hydrogens (tertiary/aromatic N) is 2. The van der Waals surface area contributed by atoms with Gasteiger partial charge < -0.3 is 14.2 Å². The van der Waals surface area contributed by atoms with E-state index in [1.54, 1.807) is 13.0 Å². The molecule has 1 unspecified atom stereocenters. The van der Waals surface area contributed by atoms with Gasteiger partial charge in [-0.05, 0) is 50.0 Å². The van der Waals surface area contributed by atoms with Crippen molar-refractivity contribution in [3.05, 3.63) is 65.9 Å². The lowest BCUT2D eigenvalue weighted by Gasteiger charge is -2.23. The van der Waals surface area contributed by atoms with Crippen LogP contribution in [-0.2, 0) is 20.9 Å².